The van der Waals surface area contributed by atoms with Crippen LogP contribution < -0.4 is 15.0 Å². The maximum Gasteiger partial charge on any atom is 0.433 e. The van der Waals surface area contributed by atoms with Crippen molar-refractivity contribution >= 4 is 11.6 Å². The van der Waals surface area contributed by atoms with E-state index in [0.29, 0.717) is 11.1 Å². The molecule has 1 saturated heterocycles. The maximum atomic E-state index is 14.1. The van der Waals surface area contributed by atoms with Crippen LogP contribution in [-0.4, -0.2) is 29.7 Å². The molecule has 5 nitrogen and oxygen atoms in total. The van der Waals surface area contributed by atoms with Crippen LogP contribution in [0.4, 0.5) is 40.8 Å². The Balaban J connectivity index is 1.66. The number of amides is 1. The molecule has 0 saturated carbocycles. The lowest BCUT2D eigenvalue weighted by Gasteiger charge is -2.30. The van der Waals surface area contributed by atoms with Crippen LogP contribution in [0, 0.1) is 0 Å². The summed E-state index contributed by atoms with van der Waals surface area (Å²) in [7, 11) is 0. The van der Waals surface area contributed by atoms with Crippen molar-refractivity contribution in [2.75, 3.05) is 11.5 Å². The molecule has 0 spiro atoms. The van der Waals surface area contributed by atoms with Crippen molar-refractivity contribution in [2.24, 2.45) is 0 Å². The van der Waals surface area contributed by atoms with Crippen molar-refractivity contribution in [2.45, 2.75) is 63.1 Å². The number of carbonyl (C=O) groups is 1. The van der Waals surface area contributed by atoms with Crippen LogP contribution in [0.15, 0.2) is 66.9 Å². The normalized spacial score (nSPS) is 18.5. The third kappa shape index (κ3) is 7.18. The highest BCUT2D eigenvalue weighted by molar-refractivity contribution is 6.00. The molecule has 4 rings (SSSR count). The number of pyridine rings is 1. The summed E-state index contributed by atoms with van der Waals surface area (Å²) < 4.78 is 110. The average Bonchev–Trinajstić information content (AvgIpc) is 3.21. The van der Waals surface area contributed by atoms with E-state index in [2.05, 4.69) is 10.3 Å². The van der Waals surface area contributed by atoms with Crippen molar-refractivity contribution in [3.8, 4) is 5.75 Å². The largest absolute Gasteiger partial charge is 0.484 e. The fourth-order valence-corrected chi connectivity index (χ4v) is 4.80. The first-order valence-electron chi connectivity index (χ1n) is 12.8. The fourth-order valence-electron chi connectivity index (χ4n) is 4.80. The fraction of sp³-hybridized carbons (Fsp3) is 0.379. The molecule has 1 aliphatic rings. The Morgan fingerprint density at radius 2 is 1.57 bits per heavy atom. The van der Waals surface area contributed by atoms with Gasteiger partial charge in [0.2, 0.25) is 5.91 Å². The van der Waals surface area contributed by atoms with Gasteiger partial charge in [0.1, 0.15) is 11.4 Å². The highest BCUT2D eigenvalue weighted by Crippen LogP contribution is 2.41. The van der Waals surface area contributed by atoms with Gasteiger partial charge in [-0.1, -0.05) is 24.3 Å². The molecule has 3 aromatic rings. The molecule has 1 aliphatic heterocycles. The Bertz CT molecular complexity index is 1400. The van der Waals surface area contributed by atoms with E-state index >= 15 is 0 Å². The quantitative estimate of drug-likeness (QED) is 0.272. The number of ether oxygens (including phenoxy) is 1. The lowest BCUT2D eigenvalue weighted by molar-refractivity contribution is -0.153. The van der Waals surface area contributed by atoms with Crippen LogP contribution in [0.25, 0.3) is 0 Å². The first-order valence-corrected chi connectivity index (χ1v) is 12.8. The summed E-state index contributed by atoms with van der Waals surface area (Å²) in [5, 5.41) is 3.16. The van der Waals surface area contributed by atoms with E-state index in [9.17, 15) is 39.9 Å². The predicted molar refractivity (Wildman–Crippen MR) is 138 cm³/mol. The minimum Gasteiger partial charge on any atom is -0.484 e. The highest BCUT2D eigenvalue weighted by Gasteiger charge is 2.44. The van der Waals surface area contributed by atoms with E-state index in [1.807, 2.05) is 0 Å². The van der Waals surface area contributed by atoms with E-state index < -0.39 is 54.1 Å². The third-order valence-electron chi connectivity index (χ3n) is 6.91. The molecule has 1 N–H and O–H groups in total. The van der Waals surface area contributed by atoms with Crippen molar-refractivity contribution in [1.29, 1.82) is 0 Å². The predicted octanol–water partition coefficient (Wildman–Crippen LogP) is 7.52. The first kappa shape index (κ1) is 31.2. The van der Waals surface area contributed by atoms with Gasteiger partial charge in [0, 0.05) is 29.9 Å². The van der Waals surface area contributed by atoms with E-state index in [4.69, 9.17) is 4.74 Å². The Labute approximate surface area is 236 Å². The molecular weight excluding hydrogens is 574 g/mol. The molecular formula is C29H27F8N3O2. The third-order valence-corrected chi connectivity index (χ3v) is 6.91. The Morgan fingerprint density at radius 1 is 0.905 bits per heavy atom. The molecule has 2 aromatic carbocycles. The van der Waals surface area contributed by atoms with Crippen LogP contribution in [0.5, 0.6) is 5.75 Å². The van der Waals surface area contributed by atoms with Crippen molar-refractivity contribution in [3.05, 3.63) is 89.2 Å². The second-order valence-electron chi connectivity index (χ2n) is 10.6. The van der Waals surface area contributed by atoms with E-state index in [1.54, 1.807) is 19.9 Å². The van der Waals surface area contributed by atoms with Gasteiger partial charge < -0.3 is 9.64 Å². The maximum absolute atomic E-state index is 14.1. The van der Waals surface area contributed by atoms with Gasteiger partial charge in [-0.15, -0.1) is 0 Å². The van der Waals surface area contributed by atoms with Crippen LogP contribution >= 0.6 is 0 Å². The van der Waals surface area contributed by atoms with Crippen LogP contribution in [0.1, 0.15) is 55.6 Å². The highest BCUT2D eigenvalue weighted by atomic mass is 19.4. The SMILES string of the molecule is CC(F)(F)c1cccc([C@@H]2C[C@H](NC(C)(C)c3ccc(C(F)(F)F)nc3)C(=O)N2c2ccc(OCC(F)(F)F)cc2)c1. The Hall–Kier alpha value is -3.74. The van der Waals surface area contributed by atoms with Gasteiger partial charge in [0.25, 0.3) is 5.92 Å². The smallest absolute Gasteiger partial charge is 0.433 e. The van der Waals surface area contributed by atoms with Crippen LogP contribution in [0.3, 0.4) is 0 Å². The molecule has 0 aliphatic carbocycles. The summed E-state index contributed by atoms with van der Waals surface area (Å²) in [5.74, 6) is -3.71. The molecule has 13 heteroatoms. The standard InChI is InChI=1S/C29H27F8N3O2/c1-26(2,19-7-12-24(38-15-19)29(35,36)37)39-22-14-23(17-5-4-6-18(13-17)27(3,30)31)40(25(22)41)20-8-10-21(11-9-20)42-16-28(32,33)34/h4-13,15,22-23,39H,14,16H2,1-3H3/t22-,23-/m0/s1. The van der Waals surface area contributed by atoms with Gasteiger partial charge in [0.15, 0.2) is 6.61 Å². The number of halogens is 8. The van der Waals surface area contributed by atoms with Crippen LogP contribution in [0.2, 0.25) is 0 Å². The molecule has 2 atom stereocenters. The zero-order valence-corrected chi connectivity index (χ0v) is 22.7. The number of anilines is 1. The van der Waals surface area contributed by atoms with Crippen molar-refractivity contribution in [1.82, 2.24) is 10.3 Å². The first-order chi connectivity index (χ1) is 19.3. The number of nitrogens with one attached hydrogen (secondary N) is 1. The van der Waals surface area contributed by atoms with Gasteiger partial charge in [-0.2, -0.15) is 26.3 Å². The van der Waals surface area contributed by atoms with Gasteiger partial charge in [-0.25, -0.2) is 8.78 Å². The number of hydrogen-bond acceptors (Lipinski definition) is 4. The van der Waals surface area contributed by atoms with Crippen molar-refractivity contribution < 1.29 is 44.7 Å². The van der Waals surface area contributed by atoms with E-state index in [1.165, 1.54) is 53.4 Å². The number of rotatable bonds is 8. The molecule has 226 valence electrons. The minimum atomic E-state index is -4.62. The number of alkyl halides is 8. The van der Waals surface area contributed by atoms with Gasteiger partial charge in [0.05, 0.1) is 12.1 Å². The number of hydrogen-bond donors (Lipinski definition) is 1. The molecule has 0 radical (unpaired) electrons. The Kier molecular flexibility index (Phi) is 8.29. The minimum absolute atomic E-state index is 0.0856. The lowest BCUT2D eigenvalue weighted by Crippen LogP contribution is -2.47. The summed E-state index contributed by atoms with van der Waals surface area (Å²) in [5.41, 5.74) is -1.31. The second kappa shape index (κ2) is 11.2. The average molecular weight is 602 g/mol. The summed E-state index contributed by atoms with van der Waals surface area (Å²) in [4.78, 5) is 18.6. The Morgan fingerprint density at radius 3 is 2.12 bits per heavy atom. The summed E-state index contributed by atoms with van der Waals surface area (Å²) in [6.45, 7) is 2.56. The summed E-state index contributed by atoms with van der Waals surface area (Å²) in [6.07, 6.45) is -8.00. The zero-order chi connectivity index (χ0) is 31.1. The lowest BCUT2D eigenvalue weighted by atomic mass is 9.93. The number of benzene rings is 2. The molecule has 1 fully saturated rings. The summed E-state index contributed by atoms with van der Waals surface area (Å²) >= 11 is 0. The van der Waals surface area contributed by atoms with E-state index in [-0.39, 0.29) is 23.4 Å². The van der Waals surface area contributed by atoms with Gasteiger partial charge in [-0.3, -0.25) is 15.1 Å². The summed E-state index contributed by atoms with van der Waals surface area (Å²) in [6, 6.07) is 11.3. The monoisotopic (exact) mass is 601 g/mol. The molecule has 0 unspecified atom stereocenters. The molecule has 1 amide bonds. The molecule has 2 heterocycles. The van der Waals surface area contributed by atoms with Gasteiger partial charge in [-0.05, 0) is 67.8 Å². The number of carbonyl (C=O) groups excluding carboxylic acids is 1. The molecule has 42 heavy (non-hydrogen) atoms. The number of aromatic nitrogens is 1. The molecule has 0 bridgehead atoms. The van der Waals surface area contributed by atoms with Crippen molar-refractivity contribution in [3.63, 3.8) is 0 Å². The zero-order valence-electron chi connectivity index (χ0n) is 22.7. The number of nitrogens with zero attached hydrogens (tertiary/aromatic N) is 2. The molecule has 1 aromatic heterocycles. The van der Waals surface area contributed by atoms with E-state index in [0.717, 1.165) is 19.2 Å². The van der Waals surface area contributed by atoms with Gasteiger partial charge >= 0.3 is 12.4 Å². The topological polar surface area (TPSA) is 54.5 Å². The van der Waals surface area contributed by atoms with Crippen LogP contribution in [-0.2, 0) is 22.4 Å². The second-order valence-corrected chi connectivity index (χ2v) is 10.6.